The highest BCUT2D eigenvalue weighted by Gasteiger charge is 2.39. The second-order valence-electron chi connectivity index (χ2n) is 5.18. The molecule has 1 saturated carbocycles. The zero-order valence-corrected chi connectivity index (χ0v) is 10.9. The van der Waals surface area contributed by atoms with E-state index >= 15 is 0 Å². The largest absolute Gasteiger partial charge is 0.493 e. The minimum atomic E-state index is -0.484. The van der Waals surface area contributed by atoms with Crippen molar-refractivity contribution in [2.24, 2.45) is 5.41 Å². The fraction of sp³-hybridized carbons (Fsp3) is 0.769. The smallest absolute Gasteiger partial charge is 0.162 e. The van der Waals surface area contributed by atoms with Crippen molar-refractivity contribution < 1.29 is 9.84 Å². The first-order chi connectivity index (χ1) is 8.12. The van der Waals surface area contributed by atoms with Gasteiger partial charge in [0.2, 0.25) is 0 Å². The predicted octanol–water partition coefficient (Wildman–Crippen LogP) is 2.53. The van der Waals surface area contributed by atoms with Crippen LogP contribution in [-0.4, -0.2) is 22.0 Å². The molecule has 0 saturated heterocycles. The second-order valence-corrected chi connectivity index (χ2v) is 5.18. The number of methoxy groups -OCH3 is 1. The quantitative estimate of drug-likeness (QED) is 0.876. The summed E-state index contributed by atoms with van der Waals surface area (Å²) >= 11 is 0. The maximum absolute atomic E-state index is 10.7. The minimum Gasteiger partial charge on any atom is -0.493 e. The molecule has 0 amide bonds. The number of aliphatic hydroxyl groups is 1. The van der Waals surface area contributed by atoms with Gasteiger partial charge >= 0.3 is 0 Å². The van der Waals surface area contributed by atoms with Crippen LogP contribution in [0.15, 0.2) is 6.20 Å². The summed E-state index contributed by atoms with van der Waals surface area (Å²) in [5.74, 6) is 0.701. The van der Waals surface area contributed by atoms with Crippen LogP contribution in [0.1, 0.15) is 51.3 Å². The zero-order valence-electron chi connectivity index (χ0n) is 10.9. The van der Waals surface area contributed by atoms with Crippen molar-refractivity contribution in [1.82, 2.24) is 9.78 Å². The summed E-state index contributed by atoms with van der Waals surface area (Å²) in [5, 5.41) is 14.9. The van der Waals surface area contributed by atoms with Crippen molar-refractivity contribution >= 4 is 0 Å². The van der Waals surface area contributed by atoms with Crippen molar-refractivity contribution in [3.63, 3.8) is 0 Å². The maximum Gasteiger partial charge on any atom is 0.162 e. The zero-order chi connectivity index (χ0) is 12.5. The molecule has 2 rings (SSSR count). The number of aromatic nitrogens is 2. The Balaban J connectivity index is 2.34. The summed E-state index contributed by atoms with van der Waals surface area (Å²) < 4.78 is 7.15. The summed E-state index contributed by atoms with van der Waals surface area (Å²) in [7, 11) is 1.63. The van der Waals surface area contributed by atoms with E-state index in [9.17, 15) is 5.11 Å². The molecule has 17 heavy (non-hydrogen) atoms. The first-order valence-electron chi connectivity index (χ1n) is 6.40. The van der Waals surface area contributed by atoms with E-state index < -0.39 is 6.10 Å². The lowest BCUT2D eigenvalue weighted by molar-refractivity contribution is 0.0317. The van der Waals surface area contributed by atoms with E-state index in [0.29, 0.717) is 5.75 Å². The Hall–Kier alpha value is -1.03. The first-order valence-corrected chi connectivity index (χ1v) is 6.40. The molecule has 0 aliphatic heterocycles. The third-order valence-electron chi connectivity index (χ3n) is 4.03. The van der Waals surface area contributed by atoms with E-state index in [1.807, 2.05) is 11.6 Å². The highest BCUT2D eigenvalue weighted by molar-refractivity contribution is 5.28. The summed E-state index contributed by atoms with van der Waals surface area (Å²) in [6.45, 7) is 4.95. The van der Waals surface area contributed by atoms with Crippen LogP contribution in [0.4, 0.5) is 0 Å². The number of aryl methyl sites for hydroxylation is 1. The molecule has 0 aromatic carbocycles. The molecule has 1 aromatic heterocycles. The van der Waals surface area contributed by atoms with Gasteiger partial charge in [-0.2, -0.15) is 5.10 Å². The number of aliphatic hydroxyl groups excluding tert-OH is 1. The highest BCUT2D eigenvalue weighted by atomic mass is 16.5. The Morgan fingerprint density at radius 3 is 2.71 bits per heavy atom. The van der Waals surface area contributed by atoms with Crippen LogP contribution in [0.5, 0.6) is 5.75 Å². The van der Waals surface area contributed by atoms with Gasteiger partial charge in [-0.15, -0.1) is 0 Å². The Bertz CT molecular complexity index is 359. The third-order valence-corrected chi connectivity index (χ3v) is 4.03. The van der Waals surface area contributed by atoms with Gasteiger partial charge in [-0.05, 0) is 25.2 Å². The number of hydrogen-bond acceptors (Lipinski definition) is 3. The van der Waals surface area contributed by atoms with E-state index in [0.717, 1.165) is 25.1 Å². The molecule has 1 fully saturated rings. The van der Waals surface area contributed by atoms with E-state index in [1.165, 1.54) is 12.8 Å². The molecule has 96 valence electrons. The van der Waals surface area contributed by atoms with Crippen molar-refractivity contribution in [2.75, 3.05) is 7.11 Å². The lowest BCUT2D eigenvalue weighted by atomic mass is 9.81. The Morgan fingerprint density at radius 2 is 2.18 bits per heavy atom. The Morgan fingerprint density at radius 1 is 1.53 bits per heavy atom. The first kappa shape index (κ1) is 12.4. The summed E-state index contributed by atoms with van der Waals surface area (Å²) in [5.41, 5.74) is 0.805. The van der Waals surface area contributed by atoms with Crippen molar-refractivity contribution in [2.45, 2.75) is 52.2 Å². The van der Waals surface area contributed by atoms with Crippen molar-refractivity contribution in [3.8, 4) is 5.75 Å². The molecule has 1 aliphatic carbocycles. The Labute approximate surface area is 103 Å². The van der Waals surface area contributed by atoms with E-state index in [-0.39, 0.29) is 5.41 Å². The van der Waals surface area contributed by atoms with Gasteiger partial charge in [-0.3, -0.25) is 4.68 Å². The summed E-state index contributed by atoms with van der Waals surface area (Å²) in [6, 6.07) is 0. The maximum atomic E-state index is 10.7. The fourth-order valence-corrected chi connectivity index (χ4v) is 2.85. The van der Waals surface area contributed by atoms with Crippen LogP contribution in [0.3, 0.4) is 0 Å². The number of rotatable bonds is 4. The lowest BCUT2D eigenvalue weighted by Gasteiger charge is -2.30. The molecular formula is C13H22N2O2. The van der Waals surface area contributed by atoms with Crippen LogP contribution < -0.4 is 4.74 Å². The normalized spacial score (nSPS) is 20.5. The monoisotopic (exact) mass is 238 g/mol. The standard InChI is InChI=1S/C13H22N2O2/c1-4-15-11(10(17-3)9-14-15)12(16)13(2)7-5-6-8-13/h9,12,16H,4-8H2,1-3H3. The number of nitrogens with zero attached hydrogens (tertiary/aromatic N) is 2. The van der Waals surface area contributed by atoms with Crippen LogP contribution >= 0.6 is 0 Å². The van der Waals surface area contributed by atoms with Gasteiger partial charge in [0.25, 0.3) is 0 Å². The molecule has 0 radical (unpaired) electrons. The van der Waals surface area contributed by atoms with Gasteiger partial charge in [-0.1, -0.05) is 19.8 Å². The van der Waals surface area contributed by atoms with Gasteiger partial charge in [-0.25, -0.2) is 0 Å². The topological polar surface area (TPSA) is 47.3 Å². The van der Waals surface area contributed by atoms with Crippen LogP contribution in [0.25, 0.3) is 0 Å². The van der Waals surface area contributed by atoms with Gasteiger partial charge in [0.1, 0.15) is 11.8 Å². The van der Waals surface area contributed by atoms with Crippen molar-refractivity contribution in [3.05, 3.63) is 11.9 Å². The summed E-state index contributed by atoms with van der Waals surface area (Å²) in [4.78, 5) is 0. The molecule has 1 aromatic rings. The second kappa shape index (κ2) is 4.69. The molecule has 1 heterocycles. The van der Waals surface area contributed by atoms with Crippen LogP contribution in [0, 0.1) is 5.41 Å². The molecule has 1 atom stereocenters. The number of hydrogen-bond donors (Lipinski definition) is 1. The molecule has 4 nitrogen and oxygen atoms in total. The summed E-state index contributed by atoms with van der Waals surface area (Å²) in [6.07, 6.45) is 5.77. The molecule has 1 aliphatic rings. The van der Waals surface area contributed by atoms with Gasteiger partial charge < -0.3 is 9.84 Å². The van der Waals surface area contributed by atoms with E-state index in [1.54, 1.807) is 13.3 Å². The molecule has 1 unspecified atom stereocenters. The van der Waals surface area contributed by atoms with Gasteiger partial charge in [0, 0.05) is 6.54 Å². The van der Waals surface area contributed by atoms with Crippen molar-refractivity contribution in [1.29, 1.82) is 0 Å². The van der Waals surface area contributed by atoms with E-state index in [4.69, 9.17) is 4.74 Å². The van der Waals surface area contributed by atoms with Crippen LogP contribution in [0.2, 0.25) is 0 Å². The minimum absolute atomic E-state index is 0.0275. The SMILES string of the molecule is CCn1ncc(OC)c1C(O)C1(C)CCCC1. The lowest BCUT2D eigenvalue weighted by Crippen LogP contribution is -2.25. The fourth-order valence-electron chi connectivity index (χ4n) is 2.85. The van der Waals surface area contributed by atoms with Gasteiger partial charge in [0.15, 0.2) is 5.75 Å². The molecule has 4 heteroatoms. The predicted molar refractivity (Wildman–Crippen MR) is 66.0 cm³/mol. The molecular weight excluding hydrogens is 216 g/mol. The average molecular weight is 238 g/mol. The Kier molecular flexibility index (Phi) is 3.43. The number of ether oxygens (including phenoxy) is 1. The highest BCUT2D eigenvalue weighted by Crippen LogP contribution is 2.48. The van der Waals surface area contributed by atoms with Crippen LogP contribution in [-0.2, 0) is 6.54 Å². The molecule has 1 N–H and O–H groups in total. The third kappa shape index (κ3) is 2.06. The van der Waals surface area contributed by atoms with Gasteiger partial charge in [0.05, 0.1) is 13.3 Å². The molecule has 0 spiro atoms. The van der Waals surface area contributed by atoms with E-state index in [2.05, 4.69) is 12.0 Å². The average Bonchev–Trinajstić information content (AvgIpc) is 2.94. The molecule has 0 bridgehead atoms.